The number of thioether (sulfide) groups is 1. The van der Waals surface area contributed by atoms with Crippen molar-refractivity contribution in [3.8, 4) is 0 Å². The van der Waals surface area contributed by atoms with E-state index in [0.717, 1.165) is 16.1 Å². The Hall–Kier alpha value is -4.15. The number of nitrogens with one attached hydrogen (secondary N) is 1. The van der Waals surface area contributed by atoms with Crippen LogP contribution >= 0.6 is 23.1 Å². The Morgan fingerprint density at radius 1 is 1.36 bits per heavy atom. The Bertz CT molecular complexity index is 1630. The summed E-state index contributed by atoms with van der Waals surface area (Å²) in [6, 6.07) is -2.76. The number of β-lactam (4-membered cyclic amide) rings is 1. The van der Waals surface area contributed by atoms with Gasteiger partial charge in [-0.1, -0.05) is 5.16 Å². The quantitative estimate of drug-likeness (QED) is 0.0864. The molecule has 236 valence electrons. The van der Waals surface area contributed by atoms with E-state index in [2.05, 4.69) is 35.6 Å². The van der Waals surface area contributed by atoms with Crippen molar-refractivity contribution in [1.29, 1.82) is 0 Å². The monoisotopic (exact) mass is 669 g/mol. The standard InChI is InChI=1S/C22H27N11O8S3/c1-31-6-13(5-24-10-25-11-31)42-8-12-4-26-32(29-12)7-15-17(19(35)33(15)44(38,39)40)28-18(34)16(14-9-43-21(23)27-14)30-41-22(2-3-22)20(36)37/h4,9-11,13,15,17H,2-3,5-8H2,1H3,(H2,23,27)(H,28,34)(H,36,37)(H,38,39,40)/b24-10+,25-11-,30-16-/t13?,15-,17+/m1/s1. The van der Waals surface area contributed by atoms with Gasteiger partial charge in [0.2, 0.25) is 5.60 Å². The minimum Gasteiger partial charge on any atom is -0.478 e. The van der Waals surface area contributed by atoms with Crippen molar-refractivity contribution in [2.75, 3.05) is 25.9 Å². The van der Waals surface area contributed by atoms with E-state index in [1.54, 1.807) is 18.1 Å². The summed E-state index contributed by atoms with van der Waals surface area (Å²) < 4.78 is 33.9. The van der Waals surface area contributed by atoms with Crippen molar-refractivity contribution < 1.29 is 37.3 Å². The first-order valence-electron chi connectivity index (χ1n) is 12.9. The van der Waals surface area contributed by atoms with E-state index in [1.165, 1.54) is 17.9 Å². The minimum absolute atomic E-state index is 0.0505. The molecule has 1 aliphatic carbocycles. The molecule has 2 aromatic rings. The van der Waals surface area contributed by atoms with E-state index in [4.69, 9.17) is 10.6 Å². The molecule has 44 heavy (non-hydrogen) atoms. The van der Waals surface area contributed by atoms with Crippen molar-refractivity contribution in [2.45, 2.75) is 48.1 Å². The summed E-state index contributed by atoms with van der Waals surface area (Å²) >= 11 is 2.57. The number of aliphatic imine (C=N–C) groups is 2. The molecule has 5 rings (SSSR count). The van der Waals surface area contributed by atoms with Crippen LogP contribution < -0.4 is 11.1 Å². The zero-order valence-electron chi connectivity index (χ0n) is 23.0. The molecule has 1 saturated carbocycles. The van der Waals surface area contributed by atoms with Crippen LogP contribution in [0.25, 0.3) is 0 Å². The van der Waals surface area contributed by atoms with Crippen LogP contribution in [0.4, 0.5) is 5.13 Å². The first-order valence-corrected chi connectivity index (χ1v) is 16.2. The molecule has 5 N–H and O–H groups in total. The Balaban J connectivity index is 1.29. The second-order valence-electron chi connectivity index (χ2n) is 10.0. The fraction of sp³-hybridized carbons (Fsp3) is 0.500. The number of carboxylic acids is 1. The lowest BCUT2D eigenvalue weighted by Crippen LogP contribution is -2.73. The largest absolute Gasteiger partial charge is 0.478 e. The fourth-order valence-electron chi connectivity index (χ4n) is 4.29. The number of nitrogens with two attached hydrogens (primary N) is 1. The number of oxime groups is 1. The maximum Gasteiger partial charge on any atom is 0.362 e. The number of carbonyl (C=O) groups is 3. The van der Waals surface area contributed by atoms with E-state index < -0.39 is 51.5 Å². The number of amides is 2. The molecular weight excluding hydrogens is 643 g/mol. The average Bonchev–Trinajstić information content (AvgIpc) is 3.41. The van der Waals surface area contributed by atoms with Crippen LogP contribution in [0.5, 0.6) is 0 Å². The maximum absolute atomic E-state index is 13.3. The van der Waals surface area contributed by atoms with E-state index in [9.17, 15) is 32.5 Å². The fourth-order valence-corrected chi connectivity index (χ4v) is 6.78. The maximum atomic E-state index is 13.3. The van der Waals surface area contributed by atoms with Gasteiger partial charge in [-0.3, -0.25) is 19.1 Å². The SMILES string of the molecule is CN1/C=N\C=N\CC(SCc2cnn(C[C@@H]3[C@H](NC(=O)/C(=N\OC4(C(=O)O)CC4)c4csc(N)n4)C(=O)N3S(=O)(=O)O)n2)C1. The third-order valence-electron chi connectivity index (χ3n) is 6.70. The van der Waals surface area contributed by atoms with Crippen molar-refractivity contribution in [1.82, 2.24) is 34.5 Å². The van der Waals surface area contributed by atoms with Gasteiger partial charge >= 0.3 is 16.3 Å². The summed E-state index contributed by atoms with van der Waals surface area (Å²) in [5.74, 6) is -2.93. The normalized spacial score (nSPS) is 24.5. The van der Waals surface area contributed by atoms with Crippen LogP contribution in [0.1, 0.15) is 24.2 Å². The zero-order valence-corrected chi connectivity index (χ0v) is 25.4. The van der Waals surface area contributed by atoms with Gasteiger partial charge in [0.15, 0.2) is 10.8 Å². The number of thiazole rings is 1. The molecule has 2 aliphatic heterocycles. The number of carboxylic acid groups (broad SMARTS) is 1. The van der Waals surface area contributed by atoms with Gasteiger partial charge in [0.05, 0.1) is 31.3 Å². The van der Waals surface area contributed by atoms with E-state index >= 15 is 0 Å². The number of nitrogen functional groups attached to an aromatic ring is 1. The number of aliphatic carboxylic acids is 1. The van der Waals surface area contributed by atoms with Crippen LogP contribution in [0, 0.1) is 0 Å². The highest BCUT2D eigenvalue weighted by molar-refractivity contribution is 7.99. The average molecular weight is 670 g/mol. The van der Waals surface area contributed by atoms with Gasteiger partial charge in [0, 0.05) is 42.8 Å². The predicted octanol–water partition coefficient (Wildman–Crippen LogP) is -1.54. The molecule has 19 nitrogen and oxygen atoms in total. The van der Waals surface area contributed by atoms with Crippen molar-refractivity contribution in [3.05, 3.63) is 23.0 Å². The Labute approximate surface area is 258 Å². The lowest BCUT2D eigenvalue weighted by atomic mass is 9.98. The first-order chi connectivity index (χ1) is 20.9. The molecule has 0 aromatic carbocycles. The predicted molar refractivity (Wildman–Crippen MR) is 157 cm³/mol. The Morgan fingerprint density at radius 2 is 2.14 bits per heavy atom. The molecular formula is C22H27N11O8S3. The topological polar surface area (TPSA) is 260 Å². The van der Waals surface area contributed by atoms with Crippen LogP contribution in [0.3, 0.4) is 0 Å². The van der Waals surface area contributed by atoms with E-state index in [0.29, 0.717) is 24.5 Å². The van der Waals surface area contributed by atoms with Crippen LogP contribution in [-0.4, -0.2) is 127 Å². The first kappa shape index (κ1) is 31.3. The molecule has 2 aromatic heterocycles. The van der Waals surface area contributed by atoms with Gasteiger partial charge < -0.3 is 25.9 Å². The highest BCUT2D eigenvalue weighted by Gasteiger charge is 2.56. The van der Waals surface area contributed by atoms with Gasteiger partial charge in [-0.15, -0.1) is 23.1 Å². The second kappa shape index (κ2) is 12.5. The molecule has 3 aliphatic rings. The third kappa shape index (κ3) is 6.97. The van der Waals surface area contributed by atoms with Crippen molar-refractivity contribution in [2.24, 2.45) is 15.1 Å². The Kier molecular flexibility index (Phi) is 8.85. The summed E-state index contributed by atoms with van der Waals surface area (Å²) in [4.78, 5) is 58.1. The van der Waals surface area contributed by atoms with Crippen molar-refractivity contribution >= 4 is 74.7 Å². The lowest BCUT2D eigenvalue weighted by molar-refractivity contribution is -0.153. The number of nitrogens with zero attached hydrogens (tertiary/aromatic N) is 9. The smallest absolute Gasteiger partial charge is 0.362 e. The van der Waals surface area contributed by atoms with Gasteiger partial charge in [-0.25, -0.2) is 19.1 Å². The molecule has 1 saturated heterocycles. The zero-order chi connectivity index (χ0) is 31.6. The van der Waals surface area contributed by atoms with Crippen molar-refractivity contribution in [3.63, 3.8) is 0 Å². The summed E-state index contributed by atoms with van der Waals surface area (Å²) in [6.45, 7) is 0.953. The highest BCUT2D eigenvalue weighted by Crippen LogP contribution is 2.40. The van der Waals surface area contributed by atoms with E-state index in [-0.39, 0.29) is 39.8 Å². The molecule has 22 heteroatoms. The third-order valence-corrected chi connectivity index (χ3v) is 9.56. The minimum atomic E-state index is -5.00. The molecule has 4 heterocycles. The number of rotatable bonds is 12. The van der Waals surface area contributed by atoms with Crippen LogP contribution in [-0.2, 0) is 41.8 Å². The van der Waals surface area contributed by atoms with Gasteiger partial charge in [-0.2, -0.15) is 23.4 Å². The molecule has 1 unspecified atom stereocenters. The number of hydrogen-bond donors (Lipinski definition) is 4. The Morgan fingerprint density at radius 3 is 2.80 bits per heavy atom. The molecule has 0 spiro atoms. The molecule has 0 bridgehead atoms. The van der Waals surface area contributed by atoms with Gasteiger partial charge in [0.1, 0.15) is 24.1 Å². The van der Waals surface area contributed by atoms with Gasteiger partial charge in [-0.05, 0) is 0 Å². The molecule has 0 radical (unpaired) electrons. The van der Waals surface area contributed by atoms with Crippen LogP contribution in [0.2, 0.25) is 0 Å². The number of hydrogen-bond acceptors (Lipinski definition) is 16. The van der Waals surface area contributed by atoms with Gasteiger partial charge in [0.25, 0.3) is 11.8 Å². The summed E-state index contributed by atoms with van der Waals surface area (Å²) in [5.41, 5.74) is 4.14. The highest BCUT2D eigenvalue weighted by atomic mass is 32.2. The number of carbonyl (C=O) groups excluding carboxylic acids is 2. The number of anilines is 1. The number of aromatic nitrogens is 4. The van der Waals surface area contributed by atoms with E-state index in [1.807, 2.05) is 11.9 Å². The lowest BCUT2D eigenvalue weighted by Gasteiger charge is -2.43. The summed E-state index contributed by atoms with van der Waals surface area (Å²) in [7, 11) is -3.10. The molecule has 2 amide bonds. The summed E-state index contributed by atoms with van der Waals surface area (Å²) in [6.07, 6.45) is 5.00. The molecule has 3 atom stereocenters. The molecule has 2 fully saturated rings. The second-order valence-corrected chi connectivity index (χ2v) is 13.5. The summed E-state index contributed by atoms with van der Waals surface area (Å²) in [5, 5.41) is 25.6. The van der Waals surface area contributed by atoms with Crippen LogP contribution in [0.15, 0.2) is 26.7 Å².